The van der Waals surface area contributed by atoms with Gasteiger partial charge < -0.3 is 14.2 Å². The number of para-hydroxylation sites is 1. The highest BCUT2D eigenvalue weighted by molar-refractivity contribution is 6.07. The van der Waals surface area contributed by atoms with Crippen molar-refractivity contribution in [3.63, 3.8) is 0 Å². The van der Waals surface area contributed by atoms with E-state index in [9.17, 15) is 9.59 Å². The predicted molar refractivity (Wildman–Crippen MR) is 124 cm³/mol. The zero-order valence-corrected chi connectivity index (χ0v) is 18.4. The molecule has 1 aromatic heterocycles. The Bertz CT molecular complexity index is 1300. The fraction of sp³-hybridized carbons (Fsp3) is 0.115. The van der Waals surface area contributed by atoms with Gasteiger partial charge in [0, 0.05) is 11.1 Å². The lowest BCUT2D eigenvalue weighted by Crippen LogP contribution is -2.15. The summed E-state index contributed by atoms with van der Waals surface area (Å²) in [5.41, 5.74) is 3.29. The summed E-state index contributed by atoms with van der Waals surface area (Å²) in [7, 11) is 4.11. The molecule has 33 heavy (non-hydrogen) atoms. The van der Waals surface area contributed by atoms with Crippen molar-refractivity contribution in [2.75, 3.05) is 21.3 Å². The Kier molecular flexibility index (Phi) is 6.22. The van der Waals surface area contributed by atoms with Crippen molar-refractivity contribution in [2.45, 2.75) is 0 Å². The molecular formula is C26H22N2O5. The van der Waals surface area contributed by atoms with Crippen molar-refractivity contribution in [1.82, 2.24) is 9.78 Å². The van der Waals surface area contributed by atoms with Gasteiger partial charge in [-0.15, -0.1) is 0 Å². The van der Waals surface area contributed by atoms with Gasteiger partial charge >= 0.3 is 11.9 Å². The standard InChI is InChI=1S/C26H22N2O5/c1-31-21-15-14-18(16-20(21)17-10-6-4-7-11-17)23-22(25(29)32-2)24(26(30)33-3)28(27-23)19-12-8-5-9-13-19/h4-16H,1-3H3. The van der Waals surface area contributed by atoms with Crippen LogP contribution < -0.4 is 4.74 Å². The maximum Gasteiger partial charge on any atom is 0.357 e. The van der Waals surface area contributed by atoms with Crippen molar-refractivity contribution in [2.24, 2.45) is 0 Å². The number of nitrogens with zero attached hydrogens (tertiary/aromatic N) is 2. The molecule has 4 aromatic rings. The number of esters is 2. The maximum absolute atomic E-state index is 12.9. The number of methoxy groups -OCH3 is 3. The number of aromatic nitrogens is 2. The van der Waals surface area contributed by atoms with Crippen molar-refractivity contribution < 1.29 is 23.8 Å². The van der Waals surface area contributed by atoms with Crippen LogP contribution in [0.15, 0.2) is 78.9 Å². The highest BCUT2D eigenvalue weighted by atomic mass is 16.5. The third kappa shape index (κ3) is 4.08. The van der Waals surface area contributed by atoms with Crippen LogP contribution in [0.2, 0.25) is 0 Å². The largest absolute Gasteiger partial charge is 0.496 e. The Morgan fingerprint density at radius 1 is 0.758 bits per heavy atom. The third-order valence-corrected chi connectivity index (χ3v) is 5.21. The summed E-state index contributed by atoms with van der Waals surface area (Å²) in [6.07, 6.45) is 0. The van der Waals surface area contributed by atoms with Crippen molar-refractivity contribution in [1.29, 1.82) is 0 Å². The van der Waals surface area contributed by atoms with E-state index in [-0.39, 0.29) is 11.3 Å². The van der Waals surface area contributed by atoms with Gasteiger partial charge in [0.1, 0.15) is 17.0 Å². The minimum absolute atomic E-state index is 0.0115. The SMILES string of the molecule is COC(=O)c1c(-c2ccc(OC)c(-c3ccccc3)c2)nn(-c2ccccc2)c1C(=O)OC. The number of hydrogen-bond donors (Lipinski definition) is 0. The molecule has 0 saturated heterocycles. The van der Waals surface area contributed by atoms with E-state index in [4.69, 9.17) is 14.2 Å². The van der Waals surface area contributed by atoms with Crippen LogP contribution in [-0.4, -0.2) is 43.0 Å². The topological polar surface area (TPSA) is 79.7 Å². The first-order valence-electron chi connectivity index (χ1n) is 10.2. The number of carbonyl (C=O) groups excluding carboxylic acids is 2. The molecule has 0 amide bonds. The van der Waals surface area contributed by atoms with Crippen LogP contribution in [0.25, 0.3) is 28.1 Å². The summed E-state index contributed by atoms with van der Waals surface area (Å²) in [5, 5.41) is 4.65. The minimum Gasteiger partial charge on any atom is -0.496 e. The minimum atomic E-state index is -0.699. The summed E-state index contributed by atoms with van der Waals surface area (Å²) in [6, 6.07) is 24.2. The van der Waals surface area contributed by atoms with Gasteiger partial charge in [-0.05, 0) is 35.9 Å². The van der Waals surface area contributed by atoms with Gasteiger partial charge in [-0.1, -0.05) is 48.5 Å². The molecule has 0 radical (unpaired) electrons. The Labute approximate surface area is 191 Å². The fourth-order valence-corrected chi connectivity index (χ4v) is 3.66. The Morgan fingerprint density at radius 2 is 1.39 bits per heavy atom. The summed E-state index contributed by atoms with van der Waals surface area (Å²) in [4.78, 5) is 25.6. The number of benzene rings is 3. The fourth-order valence-electron chi connectivity index (χ4n) is 3.66. The molecule has 0 aliphatic rings. The average molecular weight is 442 g/mol. The average Bonchev–Trinajstić information content (AvgIpc) is 3.29. The second-order valence-corrected chi connectivity index (χ2v) is 7.08. The van der Waals surface area contributed by atoms with Gasteiger partial charge in [0.15, 0.2) is 5.69 Å². The van der Waals surface area contributed by atoms with Crippen LogP contribution >= 0.6 is 0 Å². The van der Waals surface area contributed by atoms with Gasteiger partial charge in [-0.3, -0.25) is 0 Å². The maximum atomic E-state index is 12.9. The molecule has 0 aliphatic carbocycles. The molecule has 3 aromatic carbocycles. The summed E-state index contributed by atoms with van der Waals surface area (Å²) in [5.74, 6) is -0.722. The van der Waals surface area contributed by atoms with E-state index < -0.39 is 11.9 Å². The number of hydrogen-bond acceptors (Lipinski definition) is 6. The quantitative estimate of drug-likeness (QED) is 0.400. The lowest BCUT2D eigenvalue weighted by molar-refractivity contribution is 0.0549. The molecule has 1 heterocycles. The Morgan fingerprint density at radius 3 is 2.00 bits per heavy atom. The van der Waals surface area contributed by atoms with Crippen LogP contribution in [0.4, 0.5) is 0 Å². The second-order valence-electron chi connectivity index (χ2n) is 7.08. The summed E-state index contributed by atoms with van der Waals surface area (Å²) in [6.45, 7) is 0. The monoisotopic (exact) mass is 442 g/mol. The van der Waals surface area contributed by atoms with Gasteiger partial charge in [0.05, 0.1) is 27.0 Å². The third-order valence-electron chi connectivity index (χ3n) is 5.21. The highest BCUT2D eigenvalue weighted by Gasteiger charge is 2.31. The zero-order chi connectivity index (χ0) is 23.4. The molecule has 7 nitrogen and oxygen atoms in total. The van der Waals surface area contributed by atoms with Crippen LogP contribution in [0.3, 0.4) is 0 Å². The van der Waals surface area contributed by atoms with Crippen LogP contribution in [0.1, 0.15) is 20.8 Å². The molecule has 0 saturated carbocycles. The van der Waals surface area contributed by atoms with Gasteiger partial charge in [0.2, 0.25) is 0 Å². The lowest BCUT2D eigenvalue weighted by Gasteiger charge is -2.11. The molecule has 0 unspecified atom stereocenters. The second kappa shape index (κ2) is 9.40. The van der Waals surface area contributed by atoms with E-state index in [1.807, 2.05) is 54.6 Å². The zero-order valence-electron chi connectivity index (χ0n) is 18.4. The summed E-state index contributed by atoms with van der Waals surface area (Å²) >= 11 is 0. The first kappa shape index (κ1) is 21.8. The number of rotatable bonds is 6. The number of carbonyl (C=O) groups is 2. The van der Waals surface area contributed by atoms with E-state index >= 15 is 0 Å². The normalized spacial score (nSPS) is 10.5. The first-order chi connectivity index (χ1) is 16.1. The van der Waals surface area contributed by atoms with Gasteiger partial charge in [-0.2, -0.15) is 5.10 Å². The predicted octanol–water partition coefficient (Wildman–Crippen LogP) is 4.79. The van der Waals surface area contributed by atoms with E-state index in [2.05, 4.69) is 5.10 Å². The van der Waals surface area contributed by atoms with Crippen molar-refractivity contribution in [3.8, 4) is 33.8 Å². The van der Waals surface area contributed by atoms with E-state index in [0.717, 1.165) is 11.1 Å². The molecule has 0 bridgehead atoms. The molecule has 0 aliphatic heterocycles. The van der Waals surface area contributed by atoms with Gasteiger partial charge in [-0.25, -0.2) is 14.3 Å². The number of ether oxygens (including phenoxy) is 3. The Balaban J connectivity index is 2.01. The molecule has 0 fully saturated rings. The smallest absolute Gasteiger partial charge is 0.357 e. The molecule has 7 heteroatoms. The molecule has 166 valence electrons. The van der Waals surface area contributed by atoms with E-state index in [1.165, 1.54) is 18.9 Å². The van der Waals surface area contributed by atoms with Gasteiger partial charge in [0.25, 0.3) is 0 Å². The molecule has 0 atom stereocenters. The first-order valence-corrected chi connectivity index (χ1v) is 10.2. The highest BCUT2D eigenvalue weighted by Crippen LogP contribution is 2.36. The van der Waals surface area contributed by atoms with Crippen LogP contribution in [-0.2, 0) is 9.47 Å². The summed E-state index contributed by atoms with van der Waals surface area (Å²) < 4.78 is 17.0. The lowest BCUT2D eigenvalue weighted by atomic mass is 9.98. The van der Waals surface area contributed by atoms with E-state index in [0.29, 0.717) is 22.7 Å². The van der Waals surface area contributed by atoms with Crippen LogP contribution in [0, 0.1) is 0 Å². The molecular weight excluding hydrogens is 420 g/mol. The van der Waals surface area contributed by atoms with E-state index in [1.54, 1.807) is 31.4 Å². The molecule has 0 spiro atoms. The van der Waals surface area contributed by atoms with Crippen molar-refractivity contribution >= 4 is 11.9 Å². The Hall–Kier alpha value is -4.39. The van der Waals surface area contributed by atoms with Crippen molar-refractivity contribution in [3.05, 3.63) is 90.1 Å². The van der Waals surface area contributed by atoms with Crippen LogP contribution in [0.5, 0.6) is 5.75 Å². The molecule has 4 rings (SSSR count). The molecule has 0 N–H and O–H groups in total.